The van der Waals surface area contributed by atoms with Gasteiger partial charge in [0.15, 0.2) is 5.69 Å². The largest absolute Gasteiger partial charge is 0.476 e. The van der Waals surface area contributed by atoms with Crippen LogP contribution in [-0.2, 0) is 6.54 Å². The first-order chi connectivity index (χ1) is 7.65. The van der Waals surface area contributed by atoms with Crippen LogP contribution in [0.3, 0.4) is 0 Å². The highest BCUT2D eigenvalue weighted by molar-refractivity contribution is 5.84. The van der Waals surface area contributed by atoms with Gasteiger partial charge in [-0.05, 0) is 12.5 Å². The lowest BCUT2D eigenvalue weighted by molar-refractivity contribution is 0.0689. The molecule has 0 amide bonds. The van der Waals surface area contributed by atoms with E-state index < -0.39 is 5.97 Å². The van der Waals surface area contributed by atoms with Gasteiger partial charge in [-0.25, -0.2) is 4.79 Å². The van der Waals surface area contributed by atoms with Gasteiger partial charge in [-0.2, -0.15) is 9.90 Å². The minimum Gasteiger partial charge on any atom is -0.476 e. The fourth-order valence-electron chi connectivity index (χ4n) is 1.45. The van der Waals surface area contributed by atoms with Crippen LogP contribution in [0.1, 0.15) is 21.6 Å². The molecule has 1 aromatic heterocycles. The van der Waals surface area contributed by atoms with Crippen LogP contribution in [0.4, 0.5) is 0 Å². The number of benzene rings is 1. The SMILES string of the molecule is Cc1cccc(Cn2ncc(C(=O)O)n2)c1. The number of nitrogens with zero attached hydrogens (tertiary/aromatic N) is 3. The molecule has 0 saturated heterocycles. The van der Waals surface area contributed by atoms with Gasteiger partial charge < -0.3 is 5.11 Å². The molecule has 0 aliphatic carbocycles. The maximum Gasteiger partial charge on any atom is 0.358 e. The van der Waals surface area contributed by atoms with E-state index in [-0.39, 0.29) is 5.69 Å². The highest BCUT2D eigenvalue weighted by Crippen LogP contribution is 2.05. The maximum atomic E-state index is 10.6. The minimum absolute atomic E-state index is 0.0346. The molecule has 5 heteroatoms. The second-order valence-corrected chi connectivity index (χ2v) is 3.55. The normalized spacial score (nSPS) is 10.3. The lowest BCUT2D eigenvalue weighted by Gasteiger charge is -2.01. The third kappa shape index (κ3) is 2.25. The van der Waals surface area contributed by atoms with Crippen molar-refractivity contribution < 1.29 is 9.90 Å². The molecule has 2 rings (SSSR count). The minimum atomic E-state index is -1.06. The Morgan fingerprint density at radius 2 is 2.31 bits per heavy atom. The average Bonchev–Trinajstić information content (AvgIpc) is 2.66. The first-order valence-electron chi connectivity index (χ1n) is 4.84. The molecule has 82 valence electrons. The first kappa shape index (κ1) is 10.4. The molecular weight excluding hydrogens is 206 g/mol. The number of carboxylic acid groups (broad SMARTS) is 1. The molecule has 0 radical (unpaired) electrons. The predicted molar refractivity (Wildman–Crippen MR) is 57.3 cm³/mol. The van der Waals surface area contributed by atoms with Crippen LogP contribution in [0.25, 0.3) is 0 Å². The van der Waals surface area contributed by atoms with Crippen molar-refractivity contribution >= 4 is 5.97 Å². The van der Waals surface area contributed by atoms with E-state index in [1.54, 1.807) is 0 Å². The molecule has 0 aliphatic heterocycles. The van der Waals surface area contributed by atoms with Crippen molar-refractivity contribution in [1.82, 2.24) is 15.0 Å². The molecule has 0 atom stereocenters. The Balaban J connectivity index is 2.17. The molecule has 0 aliphatic rings. The van der Waals surface area contributed by atoms with E-state index in [1.807, 2.05) is 31.2 Å². The van der Waals surface area contributed by atoms with Crippen LogP contribution in [0.5, 0.6) is 0 Å². The van der Waals surface area contributed by atoms with E-state index in [2.05, 4.69) is 10.2 Å². The van der Waals surface area contributed by atoms with Gasteiger partial charge >= 0.3 is 5.97 Å². The first-order valence-corrected chi connectivity index (χ1v) is 4.84. The summed E-state index contributed by atoms with van der Waals surface area (Å²) in [6.45, 7) is 2.48. The Hall–Kier alpha value is -2.17. The third-order valence-electron chi connectivity index (χ3n) is 2.16. The van der Waals surface area contributed by atoms with Gasteiger partial charge in [0.2, 0.25) is 0 Å². The molecule has 1 heterocycles. The molecule has 0 unspecified atom stereocenters. The van der Waals surface area contributed by atoms with Crippen LogP contribution in [0, 0.1) is 6.92 Å². The quantitative estimate of drug-likeness (QED) is 0.842. The molecule has 16 heavy (non-hydrogen) atoms. The van der Waals surface area contributed by atoms with E-state index in [9.17, 15) is 4.79 Å². The molecule has 0 saturated carbocycles. The molecule has 0 fully saturated rings. The van der Waals surface area contributed by atoms with Crippen molar-refractivity contribution in [2.75, 3.05) is 0 Å². The van der Waals surface area contributed by atoms with Crippen molar-refractivity contribution in [2.45, 2.75) is 13.5 Å². The van der Waals surface area contributed by atoms with E-state index in [0.717, 1.165) is 11.1 Å². The van der Waals surface area contributed by atoms with Crippen molar-refractivity contribution in [3.8, 4) is 0 Å². The Morgan fingerprint density at radius 1 is 1.50 bits per heavy atom. The van der Waals surface area contributed by atoms with Crippen molar-refractivity contribution in [2.24, 2.45) is 0 Å². The van der Waals surface area contributed by atoms with Gasteiger partial charge in [0.25, 0.3) is 0 Å². The summed E-state index contributed by atoms with van der Waals surface area (Å²) < 4.78 is 0. The van der Waals surface area contributed by atoms with Crippen LogP contribution in [0.2, 0.25) is 0 Å². The highest BCUT2D eigenvalue weighted by atomic mass is 16.4. The molecular formula is C11H11N3O2. The van der Waals surface area contributed by atoms with Crippen molar-refractivity contribution in [1.29, 1.82) is 0 Å². The van der Waals surface area contributed by atoms with E-state index >= 15 is 0 Å². The molecule has 5 nitrogen and oxygen atoms in total. The zero-order valence-corrected chi connectivity index (χ0v) is 8.79. The van der Waals surface area contributed by atoms with E-state index in [4.69, 9.17) is 5.11 Å². The summed E-state index contributed by atoms with van der Waals surface area (Å²) in [6, 6.07) is 7.93. The molecule has 1 aromatic carbocycles. The Labute approximate surface area is 92.3 Å². The van der Waals surface area contributed by atoms with E-state index in [0.29, 0.717) is 6.54 Å². The number of carboxylic acids is 1. The summed E-state index contributed by atoms with van der Waals surface area (Å²) in [5, 5.41) is 16.4. The standard InChI is InChI=1S/C11H11N3O2/c1-8-3-2-4-9(5-8)7-14-12-6-10(13-14)11(15)16/h2-6H,7H2,1H3,(H,15,16). The summed E-state index contributed by atoms with van der Waals surface area (Å²) in [5.41, 5.74) is 2.17. The fraction of sp³-hybridized carbons (Fsp3) is 0.182. The van der Waals surface area contributed by atoms with Crippen molar-refractivity contribution in [3.05, 3.63) is 47.3 Å². The van der Waals surface area contributed by atoms with Gasteiger partial charge in [0.05, 0.1) is 12.7 Å². The van der Waals surface area contributed by atoms with Crippen molar-refractivity contribution in [3.63, 3.8) is 0 Å². The number of aryl methyl sites for hydroxylation is 1. The lowest BCUT2D eigenvalue weighted by Crippen LogP contribution is -2.05. The topological polar surface area (TPSA) is 68.0 Å². The zero-order chi connectivity index (χ0) is 11.5. The Kier molecular flexibility index (Phi) is 2.68. The van der Waals surface area contributed by atoms with Gasteiger partial charge in [-0.3, -0.25) is 0 Å². The number of aromatic nitrogens is 3. The van der Waals surface area contributed by atoms with Gasteiger partial charge in [0.1, 0.15) is 0 Å². The van der Waals surface area contributed by atoms with Gasteiger partial charge in [-0.1, -0.05) is 29.8 Å². The number of rotatable bonds is 3. The summed E-state index contributed by atoms with van der Waals surface area (Å²) in [5.74, 6) is -1.06. The van der Waals surface area contributed by atoms with Crippen LogP contribution < -0.4 is 0 Å². The Morgan fingerprint density at radius 3 is 2.94 bits per heavy atom. The zero-order valence-electron chi connectivity index (χ0n) is 8.79. The monoisotopic (exact) mass is 217 g/mol. The Bertz CT molecular complexity index is 519. The number of aromatic carboxylic acids is 1. The summed E-state index contributed by atoms with van der Waals surface area (Å²) in [7, 11) is 0. The predicted octanol–water partition coefficient (Wildman–Crippen LogP) is 1.33. The second-order valence-electron chi connectivity index (χ2n) is 3.55. The smallest absolute Gasteiger partial charge is 0.358 e. The second kappa shape index (κ2) is 4.14. The van der Waals surface area contributed by atoms with E-state index in [1.165, 1.54) is 11.0 Å². The van der Waals surface area contributed by atoms with Gasteiger partial charge in [-0.15, -0.1) is 5.10 Å². The van der Waals surface area contributed by atoms with Crippen LogP contribution >= 0.6 is 0 Å². The number of carbonyl (C=O) groups is 1. The highest BCUT2D eigenvalue weighted by Gasteiger charge is 2.07. The summed E-state index contributed by atoms with van der Waals surface area (Å²) in [6.07, 6.45) is 1.25. The summed E-state index contributed by atoms with van der Waals surface area (Å²) in [4.78, 5) is 12.0. The lowest BCUT2D eigenvalue weighted by atomic mass is 10.1. The molecule has 0 bridgehead atoms. The molecule has 1 N–H and O–H groups in total. The number of hydrogen-bond donors (Lipinski definition) is 1. The average molecular weight is 217 g/mol. The third-order valence-corrected chi connectivity index (χ3v) is 2.16. The fourth-order valence-corrected chi connectivity index (χ4v) is 1.45. The van der Waals surface area contributed by atoms with Crippen LogP contribution in [-0.4, -0.2) is 26.1 Å². The molecule has 2 aromatic rings. The molecule has 0 spiro atoms. The summed E-state index contributed by atoms with van der Waals surface area (Å²) >= 11 is 0. The maximum absolute atomic E-state index is 10.6. The van der Waals surface area contributed by atoms with Gasteiger partial charge in [0, 0.05) is 0 Å². The number of hydrogen-bond acceptors (Lipinski definition) is 3. The van der Waals surface area contributed by atoms with Crippen LogP contribution in [0.15, 0.2) is 30.5 Å².